The number of nitrogens with two attached hydrogens (primary N) is 1. The SMILES string of the molecule is NC[C@H]1CC[C@@H](Cc2ccccc2)O1. The Balaban J connectivity index is 1.88. The monoisotopic (exact) mass is 191 g/mol. The minimum atomic E-state index is 0.295. The molecule has 2 heteroatoms. The molecule has 1 aromatic carbocycles. The Morgan fingerprint density at radius 1 is 1.14 bits per heavy atom. The molecule has 76 valence electrons. The minimum Gasteiger partial charge on any atom is -0.373 e. The maximum absolute atomic E-state index is 5.79. The highest BCUT2D eigenvalue weighted by molar-refractivity contribution is 5.15. The van der Waals surface area contributed by atoms with Crippen LogP contribution in [0.5, 0.6) is 0 Å². The van der Waals surface area contributed by atoms with Gasteiger partial charge >= 0.3 is 0 Å². The fourth-order valence-electron chi connectivity index (χ4n) is 1.98. The Morgan fingerprint density at radius 2 is 1.86 bits per heavy atom. The van der Waals surface area contributed by atoms with Crippen LogP contribution in [0.2, 0.25) is 0 Å². The standard InChI is InChI=1S/C12H17NO/c13-9-12-7-6-11(14-12)8-10-4-2-1-3-5-10/h1-5,11-12H,6-9,13H2/t11-,12+/m0/s1. The Labute approximate surface area is 85.1 Å². The summed E-state index contributed by atoms with van der Waals surface area (Å²) in [4.78, 5) is 0. The first kappa shape index (κ1) is 9.69. The Hall–Kier alpha value is -0.860. The molecule has 0 bridgehead atoms. The molecule has 2 atom stereocenters. The van der Waals surface area contributed by atoms with E-state index in [9.17, 15) is 0 Å². The smallest absolute Gasteiger partial charge is 0.0702 e. The van der Waals surface area contributed by atoms with Crippen molar-refractivity contribution in [3.63, 3.8) is 0 Å². The van der Waals surface area contributed by atoms with Gasteiger partial charge in [-0.3, -0.25) is 0 Å². The third-order valence-electron chi connectivity index (χ3n) is 2.76. The molecule has 2 nitrogen and oxygen atoms in total. The molecule has 0 amide bonds. The predicted molar refractivity (Wildman–Crippen MR) is 57.1 cm³/mol. The summed E-state index contributed by atoms with van der Waals surface area (Å²) in [5, 5.41) is 0. The van der Waals surface area contributed by atoms with E-state index in [-0.39, 0.29) is 0 Å². The van der Waals surface area contributed by atoms with Gasteiger partial charge in [0.15, 0.2) is 0 Å². The number of hydrogen-bond donors (Lipinski definition) is 1. The molecular weight excluding hydrogens is 174 g/mol. The molecule has 1 aromatic rings. The highest BCUT2D eigenvalue weighted by atomic mass is 16.5. The highest BCUT2D eigenvalue weighted by Crippen LogP contribution is 2.21. The lowest BCUT2D eigenvalue weighted by Crippen LogP contribution is -2.21. The minimum absolute atomic E-state index is 0.295. The molecule has 14 heavy (non-hydrogen) atoms. The first-order valence-corrected chi connectivity index (χ1v) is 5.28. The van der Waals surface area contributed by atoms with Crippen LogP contribution in [0.1, 0.15) is 18.4 Å². The molecule has 2 N–H and O–H groups in total. The molecule has 2 rings (SSSR count). The second-order valence-electron chi connectivity index (χ2n) is 3.88. The van der Waals surface area contributed by atoms with Gasteiger partial charge in [-0.2, -0.15) is 0 Å². The predicted octanol–water partition coefficient (Wildman–Crippen LogP) is 1.74. The quantitative estimate of drug-likeness (QED) is 0.789. The van der Waals surface area contributed by atoms with Crippen molar-refractivity contribution in [2.75, 3.05) is 6.54 Å². The molecule has 0 aliphatic carbocycles. The van der Waals surface area contributed by atoms with Gasteiger partial charge in [-0.25, -0.2) is 0 Å². The topological polar surface area (TPSA) is 35.2 Å². The van der Waals surface area contributed by atoms with Gasteiger partial charge in [0.1, 0.15) is 0 Å². The van der Waals surface area contributed by atoms with Gasteiger partial charge in [0.25, 0.3) is 0 Å². The summed E-state index contributed by atoms with van der Waals surface area (Å²) in [5.74, 6) is 0. The fraction of sp³-hybridized carbons (Fsp3) is 0.500. The van der Waals surface area contributed by atoms with E-state index in [2.05, 4.69) is 24.3 Å². The van der Waals surface area contributed by atoms with Gasteiger partial charge in [-0.15, -0.1) is 0 Å². The van der Waals surface area contributed by atoms with Gasteiger partial charge < -0.3 is 10.5 Å². The third-order valence-corrected chi connectivity index (χ3v) is 2.76. The Bertz CT molecular complexity index is 273. The summed E-state index contributed by atoms with van der Waals surface area (Å²) in [7, 11) is 0. The normalized spacial score (nSPS) is 26.6. The molecule has 1 heterocycles. The fourth-order valence-corrected chi connectivity index (χ4v) is 1.98. The summed E-state index contributed by atoms with van der Waals surface area (Å²) in [6.07, 6.45) is 3.97. The zero-order valence-corrected chi connectivity index (χ0v) is 8.36. The van der Waals surface area contributed by atoms with Crippen molar-refractivity contribution in [1.82, 2.24) is 0 Å². The van der Waals surface area contributed by atoms with Crippen molar-refractivity contribution in [2.45, 2.75) is 31.5 Å². The van der Waals surface area contributed by atoms with Crippen molar-refractivity contribution in [1.29, 1.82) is 0 Å². The molecule has 0 aromatic heterocycles. The van der Waals surface area contributed by atoms with Gasteiger partial charge in [-0.05, 0) is 24.8 Å². The van der Waals surface area contributed by atoms with Crippen LogP contribution in [-0.4, -0.2) is 18.8 Å². The first-order chi connectivity index (χ1) is 6.88. The van der Waals surface area contributed by atoms with E-state index in [4.69, 9.17) is 10.5 Å². The maximum Gasteiger partial charge on any atom is 0.0702 e. The van der Waals surface area contributed by atoms with Gasteiger partial charge in [0.2, 0.25) is 0 Å². The second-order valence-corrected chi connectivity index (χ2v) is 3.88. The maximum atomic E-state index is 5.79. The van der Waals surface area contributed by atoms with Crippen LogP contribution >= 0.6 is 0 Å². The lowest BCUT2D eigenvalue weighted by Gasteiger charge is -2.11. The van der Waals surface area contributed by atoms with Crippen molar-refractivity contribution in [3.8, 4) is 0 Å². The van der Waals surface area contributed by atoms with Crippen LogP contribution < -0.4 is 5.73 Å². The molecule has 1 fully saturated rings. The van der Waals surface area contributed by atoms with Crippen molar-refractivity contribution >= 4 is 0 Å². The summed E-state index contributed by atoms with van der Waals surface area (Å²) in [5.41, 5.74) is 6.92. The van der Waals surface area contributed by atoms with Gasteiger partial charge in [-0.1, -0.05) is 30.3 Å². The van der Waals surface area contributed by atoms with E-state index >= 15 is 0 Å². The molecule has 1 saturated heterocycles. The Kier molecular flexibility index (Phi) is 3.17. The molecule has 0 unspecified atom stereocenters. The van der Waals surface area contributed by atoms with E-state index in [1.54, 1.807) is 0 Å². The van der Waals surface area contributed by atoms with Crippen LogP contribution in [0.4, 0.5) is 0 Å². The average molecular weight is 191 g/mol. The van der Waals surface area contributed by atoms with Crippen LogP contribution in [0, 0.1) is 0 Å². The molecule has 0 spiro atoms. The van der Waals surface area contributed by atoms with E-state index in [1.165, 1.54) is 5.56 Å². The third kappa shape index (κ3) is 2.34. The van der Waals surface area contributed by atoms with Crippen molar-refractivity contribution in [2.24, 2.45) is 5.73 Å². The summed E-state index contributed by atoms with van der Waals surface area (Å²) in [6.45, 7) is 0.658. The van der Waals surface area contributed by atoms with Crippen LogP contribution in [0.3, 0.4) is 0 Å². The number of rotatable bonds is 3. The van der Waals surface area contributed by atoms with Gasteiger partial charge in [0, 0.05) is 6.54 Å². The largest absolute Gasteiger partial charge is 0.373 e. The number of benzene rings is 1. The first-order valence-electron chi connectivity index (χ1n) is 5.28. The molecule has 1 aliphatic heterocycles. The average Bonchev–Trinajstić information content (AvgIpc) is 2.67. The number of hydrogen-bond acceptors (Lipinski definition) is 2. The zero-order valence-electron chi connectivity index (χ0n) is 8.36. The lowest BCUT2D eigenvalue weighted by atomic mass is 10.1. The van der Waals surface area contributed by atoms with Crippen molar-refractivity contribution in [3.05, 3.63) is 35.9 Å². The van der Waals surface area contributed by atoms with Gasteiger partial charge in [0.05, 0.1) is 12.2 Å². The lowest BCUT2D eigenvalue weighted by molar-refractivity contribution is 0.0507. The highest BCUT2D eigenvalue weighted by Gasteiger charge is 2.23. The summed E-state index contributed by atoms with van der Waals surface area (Å²) < 4.78 is 5.79. The van der Waals surface area contributed by atoms with E-state index in [0.717, 1.165) is 19.3 Å². The zero-order chi connectivity index (χ0) is 9.80. The summed E-state index contributed by atoms with van der Waals surface area (Å²) in [6, 6.07) is 10.5. The Morgan fingerprint density at radius 3 is 2.50 bits per heavy atom. The number of ether oxygens (including phenoxy) is 1. The molecule has 0 saturated carbocycles. The summed E-state index contributed by atoms with van der Waals surface area (Å²) >= 11 is 0. The van der Waals surface area contributed by atoms with Crippen LogP contribution in [0.15, 0.2) is 30.3 Å². The second kappa shape index (κ2) is 4.58. The van der Waals surface area contributed by atoms with Crippen LogP contribution in [0.25, 0.3) is 0 Å². The van der Waals surface area contributed by atoms with E-state index in [0.29, 0.717) is 18.8 Å². The molecular formula is C12H17NO. The molecule has 0 radical (unpaired) electrons. The van der Waals surface area contributed by atoms with E-state index in [1.807, 2.05) is 6.07 Å². The van der Waals surface area contributed by atoms with Crippen molar-refractivity contribution < 1.29 is 4.74 Å². The van der Waals surface area contributed by atoms with E-state index < -0.39 is 0 Å². The molecule has 1 aliphatic rings. The van der Waals surface area contributed by atoms with Crippen LogP contribution in [-0.2, 0) is 11.2 Å².